The van der Waals surface area contributed by atoms with Crippen LogP contribution in [0.15, 0.2) is 48.5 Å². The van der Waals surface area contributed by atoms with E-state index in [0.717, 1.165) is 34.7 Å². The van der Waals surface area contributed by atoms with E-state index in [0.29, 0.717) is 5.56 Å². The number of aromatic carboxylic acids is 1. The van der Waals surface area contributed by atoms with E-state index in [1.807, 2.05) is 19.1 Å². The van der Waals surface area contributed by atoms with E-state index in [2.05, 4.69) is 39.8 Å². The van der Waals surface area contributed by atoms with Crippen molar-refractivity contribution in [3.8, 4) is 0 Å². The third-order valence-corrected chi connectivity index (χ3v) is 6.79. The van der Waals surface area contributed by atoms with Crippen LogP contribution in [-0.2, 0) is 10.8 Å². The van der Waals surface area contributed by atoms with Crippen molar-refractivity contribution >= 4 is 22.5 Å². The van der Waals surface area contributed by atoms with Crippen molar-refractivity contribution in [1.82, 2.24) is 0 Å². The molecule has 1 N–H and O–H groups in total. The molecular weight excluding hydrogens is 372 g/mol. The predicted octanol–water partition coefficient (Wildman–Crippen LogP) is 6.43. The molecule has 154 valence electrons. The van der Waals surface area contributed by atoms with Crippen molar-refractivity contribution in [2.24, 2.45) is 0 Å². The number of aryl methyl sites for hydroxylation is 1. The normalized spacial score (nSPS) is 16.8. The number of hydrogen-bond donors (Lipinski definition) is 1. The number of benzene rings is 3. The Morgan fingerprint density at radius 2 is 1.27 bits per heavy atom. The Kier molecular flexibility index (Phi) is 4.61. The van der Waals surface area contributed by atoms with Gasteiger partial charge in [0.15, 0.2) is 5.78 Å². The quantitative estimate of drug-likeness (QED) is 0.516. The molecule has 0 spiro atoms. The lowest BCUT2D eigenvalue weighted by Crippen LogP contribution is -2.34. The van der Waals surface area contributed by atoms with Crippen LogP contribution in [0.3, 0.4) is 0 Å². The molecule has 0 atom stereocenters. The lowest BCUT2D eigenvalue weighted by molar-refractivity contribution is 0.0697. The first-order valence-corrected chi connectivity index (χ1v) is 10.5. The monoisotopic (exact) mass is 400 g/mol. The van der Waals surface area contributed by atoms with Gasteiger partial charge in [-0.3, -0.25) is 4.79 Å². The summed E-state index contributed by atoms with van der Waals surface area (Å²) in [5.41, 5.74) is 5.42. The second-order valence-electron chi connectivity index (χ2n) is 9.89. The molecule has 3 aromatic carbocycles. The van der Waals surface area contributed by atoms with Gasteiger partial charge < -0.3 is 5.11 Å². The predicted molar refractivity (Wildman–Crippen MR) is 121 cm³/mol. The molecule has 1 aliphatic rings. The molecule has 0 fully saturated rings. The molecule has 3 heteroatoms. The van der Waals surface area contributed by atoms with E-state index in [1.165, 1.54) is 11.1 Å². The summed E-state index contributed by atoms with van der Waals surface area (Å²) in [5.74, 6) is -0.939. The molecule has 0 saturated heterocycles. The maximum atomic E-state index is 13.5. The average Bonchev–Trinajstić information content (AvgIpc) is 2.70. The maximum Gasteiger partial charge on any atom is 0.335 e. The summed E-state index contributed by atoms with van der Waals surface area (Å²) in [7, 11) is 0. The van der Waals surface area contributed by atoms with Gasteiger partial charge in [0.1, 0.15) is 0 Å². The summed E-state index contributed by atoms with van der Waals surface area (Å²) in [4.78, 5) is 24.7. The summed E-state index contributed by atoms with van der Waals surface area (Å²) < 4.78 is 0. The number of carboxylic acids is 1. The molecule has 0 radical (unpaired) electrons. The Morgan fingerprint density at radius 3 is 1.83 bits per heavy atom. The third kappa shape index (κ3) is 3.32. The van der Waals surface area contributed by atoms with E-state index in [-0.39, 0.29) is 22.2 Å². The van der Waals surface area contributed by atoms with E-state index >= 15 is 0 Å². The highest BCUT2D eigenvalue weighted by Crippen LogP contribution is 2.46. The van der Waals surface area contributed by atoms with Gasteiger partial charge >= 0.3 is 5.97 Å². The first kappa shape index (κ1) is 20.3. The molecular formula is C27H28O3. The second kappa shape index (κ2) is 6.80. The number of carbonyl (C=O) groups is 2. The molecule has 0 amide bonds. The Morgan fingerprint density at radius 1 is 0.767 bits per heavy atom. The lowest BCUT2D eigenvalue weighted by Gasteiger charge is -2.42. The van der Waals surface area contributed by atoms with E-state index < -0.39 is 5.97 Å². The van der Waals surface area contributed by atoms with E-state index in [1.54, 1.807) is 24.3 Å². The van der Waals surface area contributed by atoms with Crippen LogP contribution in [0.1, 0.15) is 83.5 Å². The molecule has 0 aromatic heterocycles. The van der Waals surface area contributed by atoms with E-state index in [9.17, 15) is 14.7 Å². The summed E-state index contributed by atoms with van der Waals surface area (Å²) in [5, 5.41) is 10.9. The molecule has 3 aromatic rings. The Labute approximate surface area is 177 Å². The largest absolute Gasteiger partial charge is 0.478 e. The van der Waals surface area contributed by atoms with Crippen LogP contribution < -0.4 is 0 Å². The van der Waals surface area contributed by atoms with Gasteiger partial charge in [-0.25, -0.2) is 4.79 Å². The number of ketones is 1. The van der Waals surface area contributed by atoms with Gasteiger partial charge in [-0.05, 0) is 82.3 Å². The number of rotatable bonds is 3. The van der Waals surface area contributed by atoms with Crippen LogP contribution >= 0.6 is 0 Å². The zero-order valence-corrected chi connectivity index (χ0v) is 18.3. The Bertz CT molecular complexity index is 1200. The van der Waals surface area contributed by atoms with Crippen LogP contribution in [-0.4, -0.2) is 16.9 Å². The van der Waals surface area contributed by atoms with Crippen LogP contribution in [0.25, 0.3) is 10.8 Å². The highest BCUT2D eigenvalue weighted by atomic mass is 16.4. The smallest absolute Gasteiger partial charge is 0.335 e. The highest BCUT2D eigenvalue weighted by molar-refractivity contribution is 6.12. The molecule has 1 aliphatic carbocycles. The van der Waals surface area contributed by atoms with Crippen LogP contribution in [0.2, 0.25) is 0 Å². The minimum Gasteiger partial charge on any atom is -0.478 e. The van der Waals surface area contributed by atoms with Gasteiger partial charge in [-0.1, -0.05) is 52.0 Å². The SMILES string of the molecule is Cc1cc2c(cc1C(=O)c1ccc3cc(C(=O)O)ccc3c1)C(C)(C)CCC2(C)C. The fraction of sp³-hybridized carbons (Fsp3) is 0.333. The number of carbonyl (C=O) groups excluding carboxylic acids is 1. The molecule has 0 saturated carbocycles. The third-order valence-electron chi connectivity index (χ3n) is 6.79. The average molecular weight is 401 g/mol. The van der Waals surface area contributed by atoms with E-state index in [4.69, 9.17) is 0 Å². The van der Waals surface area contributed by atoms with Gasteiger partial charge in [0.05, 0.1) is 5.56 Å². The highest BCUT2D eigenvalue weighted by Gasteiger charge is 2.37. The standard InChI is InChI=1S/C27H28O3/c1-16-12-22-23(27(4,5)11-10-26(22,2)3)15-21(16)24(28)19-8-6-18-14-20(25(29)30)9-7-17(18)13-19/h6-9,12-15H,10-11H2,1-5H3,(H,29,30). The summed E-state index contributed by atoms with van der Waals surface area (Å²) in [6.45, 7) is 11.1. The van der Waals surface area contributed by atoms with Gasteiger partial charge in [0.2, 0.25) is 0 Å². The maximum absolute atomic E-state index is 13.5. The zero-order chi connectivity index (χ0) is 21.8. The van der Waals surface area contributed by atoms with Gasteiger partial charge in [-0.15, -0.1) is 0 Å². The van der Waals surface area contributed by atoms with Crippen molar-refractivity contribution in [3.63, 3.8) is 0 Å². The van der Waals surface area contributed by atoms with Gasteiger partial charge in [0.25, 0.3) is 0 Å². The summed E-state index contributed by atoms with van der Waals surface area (Å²) in [6.07, 6.45) is 2.24. The Hall–Kier alpha value is -2.94. The van der Waals surface area contributed by atoms with Crippen molar-refractivity contribution in [2.45, 2.75) is 58.3 Å². The second-order valence-corrected chi connectivity index (χ2v) is 9.89. The minimum absolute atomic E-state index is 0.0127. The van der Waals surface area contributed by atoms with Crippen molar-refractivity contribution < 1.29 is 14.7 Å². The number of hydrogen-bond acceptors (Lipinski definition) is 2. The molecule has 3 nitrogen and oxygen atoms in total. The first-order valence-electron chi connectivity index (χ1n) is 10.5. The fourth-order valence-electron chi connectivity index (χ4n) is 4.64. The molecule has 0 unspecified atom stereocenters. The number of fused-ring (bicyclic) bond motifs is 2. The molecule has 4 rings (SSSR count). The van der Waals surface area contributed by atoms with Crippen LogP contribution in [0.5, 0.6) is 0 Å². The lowest BCUT2D eigenvalue weighted by atomic mass is 9.62. The Balaban J connectivity index is 1.80. The summed E-state index contributed by atoms with van der Waals surface area (Å²) in [6, 6.07) is 14.8. The molecule has 30 heavy (non-hydrogen) atoms. The van der Waals surface area contributed by atoms with Gasteiger partial charge in [-0.2, -0.15) is 0 Å². The minimum atomic E-state index is -0.952. The van der Waals surface area contributed by atoms with Crippen molar-refractivity contribution in [2.75, 3.05) is 0 Å². The van der Waals surface area contributed by atoms with Crippen LogP contribution in [0.4, 0.5) is 0 Å². The summed E-state index contributed by atoms with van der Waals surface area (Å²) >= 11 is 0. The molecule has 0 heterocycles. The fourth-order valence-corrected chi connectivity index (χ4v) is 4.64. The van der Waals surface area contributed by atoms with Crippen molar-refractivity contribution in [3.05, 3.63) is 81.9 Å². The first-order chi connectivity index (χ1) is 14.0. The topological polar surface area (TPSA) is 54.4 Å². The van der Waals surface area contributed by atoms with Crippen molar-refractivity contribution in [1.29, 1.82) is 0 Å². The molecule has 0 aliphatic heterocycles. The zero-order valence-electron chi connectivity index (χ0n) is 18.3. The molecule has 0 bridgehead atoms. The number of carboxylic acid groups (broad SMARTS) is 1. The van der Waals surface area contributed by atoms with Crippen LogP contribution in [0, 0.1) is 6.92 Å². The van der Waals surface area contributed by atoms with Gasteiger partial charge in [0, 0.05) is 11.1 Å².